The van der Waals surface area contributed by atoms with Gasteiger partial charge in [-0.15, -0.1) is 0 Å². The summed E-state index contributed by atoms with van der Waals surface area (Å²) in [7, 11) is 0. The van der Waals surface area contributed by atoms with E-state index in [9.17, 15) is 0 Å². The quantitative estimate of drug-likeness (QED) is 0.708. The van der Waals surface area contributed by atoms with E-state index in [0.717, 1.165) is 31.1 Å². The average Bonchev–Trinajstić information content (AvgIpc) is 2.63. The second-order valence-electron chi connectivity index (χ2n) is 3.30. The van der Waals surface area contributed by atoms with Gasteiger partial charge in [-0.2, -0.15) is 4.37 Å². The second-order valence-corrected chi connectivity index (χ2v) is 4.08. The van der Waals surface area contributed by atoms with E-state index in [0.29, 0.717) is 6.10 Å². The topological polar surface area (TPSA) is 47.0 Å². The summed E-state index contributed by atoms with van der Waals surface area (Å²) in [4.78, 5) is 4.03. The standard InChI is InChI=1S/C9H17N3OS/c1-8(2)13-6-4-3-5-10-9-11-7-12-14-9/h7-8H,3-6H2,1-2H3,(H,10,11,12). The van der Waals surface area contributed by atoms with Crippen molar-refractivity contribution in [2.24, 2.45) is 0 Å². The lowest BCUT2D eigenvalue weighted by atomic mass is 10.3. The number of ether oxygens (including phenoxy) is 1. The Morgan fingerprint density at radius 3 is 3.00 bits per heavy atom. The normalized spacial score (nSPS) is 10.8. The van der Waals surface area contributed by atoms with Gasteiger partial charge in [0.25, 0.3) is 0 Å². The zero-order valence-corrected chi connectivity index (χ0v) is 9.51. The third-order valence-electron chi connectivity index (χ3n) is 1.66. The molecular weight excluding hydrogens is 198 g/mol. The van der Waals surface area contributed by atoms with Gasteiger partial charge in [0.2, 0.25) is 5.13 Å². The van der Waals surface area contributed by atoms with Crippen LogP contribution in [0, 0.1) is 0 Å². The highest BCUT2D eigenvalue weighted by Crippen LogP contribution is 2.06. The molecule has 80 valence electrons. The van der Waals surface area contributed by atoms with Crippen molar-refractivity contribution in [1.82, 2.24) is 9.36 Å². The molecule has 0 saturated heterocycles. The van der Waals surface area contributed by atoms with Gasteiger partial charge in [-0.25, -0.2) is 4.98 Å². The Kier molecular flexibility index (Phi) is 5.47. The smallest absolute Gasteiger partial charge is 0.202 e. The molecule has 1 aromatic rings. The third kappa shape index (κ3) is 5.14. The Balaban J connectivity index is 1.90. The van der Waals surface area contributed by atoms with E-state index in [1.54, 1.807) is 6.33 Å². The number of hydrogen-bond acceptors (Lipinski definition) is 5. The van der Waals surface area contributed by atoms with Crippen LogP contribution in [0.25, 0.3) is 0 Å². The summed E-state index contributed by atoms with van der Waals surface area (Å²) >= 11 is 1.39. The fourth-order valence-electron chi connectivity index (χ4n) is 0.992. The first-order valence-electron chi connectivity index (χ1n) is 4.91. The highest BCUT2D eigenvalue weighted by molar-refractivity contribution is 7.09. The molecule has 0 unspecified atom stereocenters. The van der Waals surface area contributed by atoms with E-state index in [1.165, 1.54) is 11.5 Å². The van der Waals surface area contributed by atoms with Gasteiger partial charge in [0.1, 0.15) is 6.33 Å². The number of anilines is 1. The van der Waals surface area contributed by atoms with Crippen LogP contribution in [0.3, 0.4) is 0 Å². The number of nitrogens with one attached hydrogen (secondary N) is 1. The van der Waals surface area contributed by atoms with E-state index < -0.39 is 0 Å². The van der Waals surface area contributed by atoms with Crippen molar-refractivity contribution in [3.8, 4) is 0 Å². The van der Waals surface area contributed by atoms with Gasteiger partial charge < -0.3 is 10.1 Å². The number of hydrogen-bond donors (Lipinski definition) is 1. The lowest BCUT2D eigenvalue weighted by Gasteiger charge is -2.06. The van der Waals surface area contributed by atoms with Crippen molar-refractivity contribution in [2.45, 2.75) is 32.8 Å². The minimum Gasteiger partial charge on any atom is -0.379 e. The fraction of sp³-hybridized carbons (Fsp3) is 0.778. The van der Waals surface area contributed by atoms with E-state index in [4.69, 9.17) is 4.74 Å². The monoisotopic (exact) mass is 215 g/mol. The maximum Gasteiger partial charge on any atom is 0.202 e. The predicted molar refractivity (Wildman–Crippen MR) is 58.7 cm³/mol. The Hall–Kier alpha value is -0.680. The molecular formula is C9H17N3OS. The lowest BCUT2D eigenvalue weighted by Crippen LogP contribution is -2.06. The van der Waals surface area contributed by atoms with Crippen molar-refractivity contribution in [3.63, 3.8) is 0 Å². The molecule has 0 spiro atoms. The molecule has 4 nitrogen and oxygen atoms in total. The first kappa shape index (κ1) is 11.4. The highest BCUT2D eigenvalue weighted by atomic mass is 32.1. The molecule has 0 saturated carbocycles. The summed E-state index contributed by atoms with van der Waals surface area (Å²) < 4.78 is 9.33. The third-order valence-corrected chi connectivity index (χ3v) is 2.28. The molecule has 0 fully saturated rings. The van der Waals surface area contributed by atoms with Crippen LogP contribution in [-0.2, 0) is 4.74 Å². The van der Waals surface area contributed by atoms with Crippen molar-refractivity contribution in [3.05, 3.63) is 6.33 Å². The van der Waals surface area contributed by atoms with Gasteiger partial charge in [0.15, 0.2) is 0 Å². The van der Waals surface area contributed by atoms with Gasteiger partial charge in [-0.05, 0) is 26.7 Å². The van der Waals surface area contributed by atoms with Crippen molar-refractivity contribution >= 4 is 16.7 Å². The first-order chi connectivity index (χ1) is 6.79. The summed E-state index contributed by atoms with van der Waals surface area (Å²) in [5.74, 6) is 0. The SMILES string of the molecule is CC(C)OCCCCNc1ncns1. The molecule has 0 radical (unpaired) electrons. The second kappa shape index (κ2) is 6.73. The van der Waals surface area contributed by atoms with Crippen LogP contribution in [0.5, 0.6) is 0 Å². The maximum absolute atomic E-state index is 5.43. The summed E-state index contributed by atoms with van der Waals surface area (Å²) in [5.41, 5.74) is 0. The molecule has 1 aromatic heterocycles. The summed E-state index contributed by atoms with van der Waals surface area (Å²) in [6, 6.07) is 0. The first-order valence-corrected chi connectivity index (χ1v) is 5.68. The maximum atomic E-state index is 5.43. The minimum atomic E-state index is 0.339. The van der Waals surface area contributed by atoms with Gasteiger partial charge in [0.05, 0.1) is 6.10 Å². The minimum absolute atomic E-state index is 0.339. The molecule has 0 aliphatic heterocycles. The lowest BCUT2D eigenvalue weighted by molar-refractivity contribution is 0.0765. The number of aromatic nitrogens is 2. The largest absolute Gasteiger partial charge is 0.379 e. The van der Waals surface area contributed by atoms with Crippen LogP contribution < -0.4 is 5.32 Å². The number of rotatable bonds is 7. The summed E-state index contributed by atoms with van der Waals surface area (Å²) in [6.07, 6.45) is 4.09. The zero-order valence-electron chi connectivity index (χ0n) is 8.69. The van der Waals surface area contributed by atoms with E-state index >= 15 is 0 Å². The van der Waals surface area contributed by atoms with E-state index in [-0.39, 0.29) is 0 Å². The van der Waals surface area contributed by atoms with Crippen LogP contribution in [0.1, 0.15) is 26.7 Å². The summed E-state index contributed by atoms with van der Waals surface area (Å²) in [5, 5.41) is 4.10. The molecule has 5 heteroatoms. The van der Waals surface area contributed by atoms with E-state index in [2.05, 4.69) is 28.5 Å². The molecule has 1 N–H and O–H groups in total. The molecule has 0 amide bonds. The molecule has 1 rings (SSSR count). The predicted octanol–water partition coefficient (Wildman–Crippen LogP) is 2.16. The highest BCUT2D eigenvalue weighted by Gasteiger charge is 1.95. The molecule has 0 aliphatic rings. The van der Waals surface area contributed by atoms with Crippen LogP contribution in [-0.4, -0.2) is 28.6 Å². The van der Waals surface area contributed by atoms with Crippen molar-refractivity contribution < 1.29 is 4.74 Å². The Morgan fingerprint density at radius 1 is 1.50 bits per heavy atom. The number of nitrogens with zero attached hydrogens (tertiary/aromatic N) is 2. The molecule has 0 aromatic carbocycles. The molecule has 14 heavy (non-hydrogen) atoms. The number of unbranched alkanes of at least 4 members (excludes halogenated alkanes) is 1. The molecule has 0 aliphatic carbocycles. The van der Waals surface area contributed by atoms with E-state index in [1.807, 2.05) is 0 Å². The Labute approximate surface area is 88.9 Å². The van der Waals surface area contributed by atoms with Crippen LogP contribution in [0.4, 0.5) is 5.13 Å². The van der Waals surface area contributed by atoms with Gasteiger partial charge >= 0.3 is 0 Å². The zero-order chi connectivity index (χ0) is 10.2. The van der Waals surface area contributed by atoms with Crippen LogP contribution >= 0.6 is 11.5 Å². The Bertz CT molecular complexity index is 226. The van der Waals surface area contributed by atoms with Crippen molar-refractivity contribution in [2.75, 3.05) is 18.5 Å². The summed E-state index contributed by atoms with van der Waals surface area (Å²) in [6.45, 7) is 5.89. The van der Waals surface area contributed by atoms with Gasteiger partial charge in [-0.3, -0.25) is 0 Å². The fourth-order valence-corrected chi connectivity index (χ4v) is 1.45. The molecule has 0 bridgehead atoms. The Morgan fingerprint density at radius 2 is 2.36 bits per heavy atom. The van der Waals surface area contributed by atoms with Gasteiger partial charge in [0, 0.05) is 24.7 Å². The average molecular weight is 215 g/mol. The van der Waals surface area contributed by atoms with Crippen LogP contribution in [0.2, 0.25) is 0 Å². The van der Waals surface area contributed by atoms with Crippen LogP contribution in [0.15, 0.2) is 6.33 Å². The van der Waals surface area contributed by atoms with Gasteiger partial charge in [-0.1, -0.05) is 0 Å². The molecule has 0 atom stereocenters. The molecule has 1 heterocycles. The van der Waals surface area contributed by atoms with Crippen molar-refractivity contribution in [1.29, 1.82) is 0 Å².